The first-order valence-corrected chi connectivity index (χ1v) is 16.1. The topological polar surface area (TPSA) is 111 Å². The van der Waals surface area contributed by atoms with Crippen LogP contribution in [0.25, 0.3) is 33.1 Å². The smallest absolute Gasteiger partial charge is 0.465 e. The van der Waals surface area contributed by atoms with Gasteiger partial charge in [0.1, 0.15) is 17.3 Å². The minimum Gasteiger partial charge on any atom is -0.465 e. The highest BCUT2D eigenvalue weighted by atomic mass is 32.1. The monoisotopic (exact) mass is 664 g/mol. The molecule has 0 bridgehead atoms. The third kappa shape index (κ3) is 6.58. The Labute approximate surface area is 272 Å². The third-order valence-corrected chi connectivity index (χ3v) is 9.15. The van der Waals surface area contributed by atoms with Crippen LogP contribution in [-0.4, -0.2) is 81.8 Å². The average molecular weight is 665 g/mol. The molecule has 1 N–H and O–H groups in total. The number of methoxy groups -OCH3 is 1. The molecule has 0 spiro atoms. The fourth-order valence-electron chi connectivity index (χ4n) is 5.79. The Morgan fingerprint density at radius 2 is 1.81 bits per heavy atom. The van der Waals surface area contributed by atoms with Gasteiger partial charge in [-0.05, 0) is 67.9 Å². The van der Waals surface area contributed by atoms with Gasteiger partial charge in [0.25, 0.3) is 0 Å². The van der Waals surface area contributed by atoms with Gasteiger partial charge in [-0.15, -0.1) is 23.4 Å². The van der Waals surface area contributed by atoms with Crippen molar-refractivity contribution in [1.82, 2.24) is 29.6 Å². The van der Waals surface area contributed by atoms with E-state index in [-0.39, 0.29) is 11.8 Å². The zero-order valence-electron chi connectivity index (χ0n) is 25.6. The predicted octanol–water partition coefficient (Wildman–Crippen LogP) is 6.52. The zero-order chi connectivity index (χ0) is 32.7. The number of ether oxygens (including phenoxy) is 2. The summed E-state index contributed by atoms with van der Waals surface area (Å²) in [6.45, 7) is 6.68. The lowest BCUT2D eigenvalue weighted by Gasteiger charge is -2.36. The van der Waals surface area contributed by atoms with Crippen molar-refractivity contribution in [3.8, 4) is 27.8 Å². The van der Waals surface area contributed by atoms with E-state index >= 15 is 0 Å². The molecule has 2 fully saturated rings. The number of carbonyl (C=O) groups excluding carboxylic acids is 1. The molecule has 1 saturated heterocycles. The van der Waals surface area contributed by atoms with E-state index in [9.17, 15) is 18.0 Å². The summed E-state index contributed by atoms with van der Waals surface area (Å²) in [7, 11) is 1.33. The van der Waals surface area contributed by atoms with E-state index in [0.29, 0.717) is 32.8 Å². The molecule has 1 saturated carbocycles. The Kier molecular flexibility index (Phi) is 8.18. The zero-order valence-corrected chi connectivity index (χ0v) is 26.4. The lowest BCUT2D eigenvalue weighted by Crippen LogP contribution is -2.46. The summed E-state index contributed by atoms with van der Waals surface area (Å²) in [5, 5.41) is 13.2. The van der Waals surface area contributed by atoms with Gasteiger partial charge in [-0.3, -0.25) is 4.98 Å². The van der Waals surface area contributed by atoms with Gasteiger partial charge in [-0.25, -0.2) is 9.78 Å². The first-order chi connectivity index (χ1) is 22.7. The van der Waals surface area contributed by atoms with Crippen LogP contribution in [0, 0.1) is 0 Å². The Bertz CT molecular complexity index is 1920. The van der Waals surface area contributed by atoms with Crippen LogP contribution in [0.4, 0.5) is 29.7 Å². The van der Waals surface area contributed by atoms with Gasteiger partial charge in [-0.2, -0.15) is 0 Å². The molecule has 2 aliphatic rings. The van der Waals surface area contributed by atoms with Gasteiger partial charge in [0.15, 0.2) is 5.01 Å². The Balaban J connectivity index is 1.26. The highest BCUT2D eigenvalue weighted by Gasteiger charge is 2.32. The Hall–Kier alpha value is -4.76. The summed E-state index contributed by atoms with van der Waals surface area (Å²) in [6, 6.07) is 13.4. The number of carbonyl (C=O) groups is 1. The number of piperazine rings is 1. The quantitative estimate of drug-likeness (QED) is 0.175. The Morgan fingerprint density at radius 1 is 1.04 bits per heavy atom. The number of anilines is 3. The number of fused-ring (bicyclic) bond motifs is 1. The number of nitrogens with zero attached hydrogens (tertiary/aromatic N) is 7. The number of nitrogens with one attached hydrogen (secondary N) is 1. The summed E-state index contributed by atoms with van der Waals surface area (Å²) < 4.78 is 49.5. The molecule has 0 amide bonds. The maximum absolute atomic E-state index is 12.8. The van der Waals surface area contributed by atoms with Crippen molar-refractivity contribution in [3.05, 3.63) is 60.3 Å². The van der Waals surface area contributed by atoms with Gasteiger partial charge in [-0.1, -0.05) is 18.3 Å². The molecule has 4 heterocycles. The summed E-state index contributed by atoms with van der Waals surface area (Å²) >= 11 is 1.31. The number of benzene rings is 2. The number of hydrogen-bond donors (Lipinski definition) is 1. The van der Waals surface area contributed by atoms with Crippen LogP contribution in [-0.2, 0) is 4.74 Å². The second-order valence-electron chi connectivity index (χ2n) is 11.3. The molecule has 2 aromatic carbocycles. The molecule has 0 atom stereocenters. The SMILES string of the molecule is CCN1CCN(c2cc3c(cc2Nc2nnc(-c4cc(C(=O)OC)ccn4)s2)nc(-c2ccc(OC(F)(F)F)cc2)n3C2CC2)CC1. The lowest BCUT2D eigenvalue weighted by molar-refractivity contribution is -0.274. The lowest BCUT2D eigenvalue weighted by atomic mass is 10.2. The van der Waals surface area contributed by atoms with Crippen molar-refractivity contribution in [2.24, 2.45) is 0 Å². The second kappa shape index (κ2) is 12.4. The molecule has 3 aromatic heterocycles. The molecule has 7 rings (SSSR count). The van der Waals surface area contributed by atoms with Crippen molar-refractivity contribution < 1.29 is 27.4 Å². The third-order valence-electron chi connectivity index (χ3n) is 8.29. The van der Waals surface area contributed by atoms with Gasteiger partial charge in [0.05, 0.1) is 35.1 Å². The number of rotatable bonds is 9. The van der Waals surface area contributed by atoms with Crippen LogP contribution >= 0.6 is 11.3 Å². The molecule has 244 valence electrons. The van der Waals surface area contributed by atoms with E-state index in [1.807, 2.05) is 6.07 Å². The molecule has 1 aliphatic carbocycles. The molecule has 1 aliphatic heterocycles. The number of hydrogen-bond acceptors (Lipinski definition) is 11. The fourth-order valence-corrected chi connectivity index (χ4v) is 6.52. The average Bonchev–Trinajstić information content (AvgIpc) is 3.69. The van der Waals surface area contributed by atoms with Crippen molar-refractivity contribution in [2.45, 2.75) is 32.2 Å². The van der Waals surface area contributed by atoms with E-state index in [2.05, 4.69) is 52.6 Å². The van der Waals surface area contributed by atoms with Crippen molar-refractivity contribution in [1.29, 1.82) is 0 Å². The maximum atomic E-state index is 12.8. The fraction of sp³-hybridized carbons (Fsp3) is 0.344. The molecule has 11 nitrogen and oxygen atoms in total. The van der Waals surface area contributed by atoms with Crippen LogP contribution in [0.3, 0.4) is 0 Å². The number of imidazole rings is 1. The standard InChI is InChI=1S/C32H31F3N8O3S/c1-3-41-12-14-42(15-13-41)26-18-27-24(37-28(43(27)21-6-7-21)19-4-8-22(9-5-19)46-32(33,34)35)17-23(26)38-31-40-39-29(47-31)25-16-20(10-11-36-25)30(44)45-2/h4-5,8-11,16-18,21H,3,6-7,12-15H2,1-2H3,(H,38,40). The first-order valence-electron chi connectivity index (χ1n) is 15.2. The summed E-state index contributed by atoms with van der Waals surface area (Å²) in [6.07, 6.45) is -1.24. The summed E-state index contributed by atoms with van der Waals surface area (Å²) in [5.41, 5.74) is 5.08. The number of halogens is 3. The molecule has 47 heavy (non-hydrogen) atoms. The van der Waals surface area contributed by atoms with E-state index in [0.717, 1.165) is 68.0 Å². The van der Waals surface area contributed by atoms with E-state index < -0.39 is 12.3 Å². The normalized spacial score (nSPS) is 15.6. The molecule has 0 radical (unpaired) electrons. The number of alkyl halides is 3. The maximum Gasteiger partial charge on any atom is 0.573 e. The largest absolute Gasteiger partial charge is 0.573 e. The number of esters is 1. The van der Waals surface area contributed by atoms with Crippen LogP contribution in [0.1, 0.15) is 36.2 Å². The molecule has 0 unspecified atom stereocenters. The minimum atomic E-state index is -4.76. The minimum absolute atomic E-state index is 0.253. The number of aromatic nitrogens is 5. The van der Waals surface area contributed by atoms with E-state index in [4.69, 9.17) is 9.72 Å². The van der Waals surface area contributed by atoms with Gasteiger partial charge in [0.2, 0.25) is 5.13 Å². The van der Waals surface area contributed by atoms with Crippen LogP contribution in [0.2, 0.25) is 0 Å². The summed E-state index contributed by atoms with van der Waals surface area (Å²) in [4.78, 5) is 26.2. The number of likely N-dealkylation sites (N-methyl/N-ethyl adjacent to an activating group) is 1. The Morgan fingerprint density at radius 3 is 2.49 bits per heavy atom. The van der Waals surface area contributed by atoms with Crippen molar-refractivity contribution in [3.63, 3.8) is 0 Å². The summed E-state index contributed by atoms with van der Waals surface area (Å²) in [5.74, 6) is -0.0538. The first kappa shape index (κ1) is 30.9. The van der Waals surface area contributed by atoms with E-state index in [1.54, 1.807) is 24.3 Å². The van der Waals surface area contributed by atoms with Gasteiger partial charge in [0, 0.05) is 44.0 Å². The van der Waals surface area contributed by atoms with Crippen LogP contribution in [0.15, 0.2) is 54.7 Å². The second-order valence-corrected chi connectivity index (χ2v) is 12.3. The van der Waals surface area contributed by atoms with Crippen molar-refractivity contribution >= 4 is 44.8 Å². The van der Waals surface area contributed by atoms with Crippen LogP contribution in [0.5, 0.6) is 5.75 Å². The predicted molar refractivity (Wildman–Crippen MR) is 172 cm³/mol. The van der Waals surface area contributed by atoms with Crippen LogP contribution < -0.4 is 15.0 Å². The highest BCUT2D eigenvalue weighted by Crippen LogP contribution is 2.44. The van der Waals surface area contributed by atoms with E-state index in [1.165, 1.54) is 36.8 Å². The molecule has 5 aromatic rings. The number of pyridine rings is 1. The molecular formula is C32H31F3N8O3S. The molecular weight excluding hydrogens is 633 g/mol. The van der Waals surface area contributed by atoms with Gasteiger partial charge < -0.3 is 29.2 Å². The molecule has 15 heteroatoms. The van der Waals surface area contributed by atoms with Crippen molar-refractivity contribution in [2.75, 3.05) is 50.1 Å². The highest BCUT2D eigenvalue weighted by molar-refractivity contribution is 7.18. The van der Waals surface area contributed by atoms with Gasteiger partial charge >= 0.3 is 12.3 Å².